The SMILES string of the molecule is CCC(=O)Nc1ccc([C@@H](C)NCc2csc(CC)n2)cc1. The van der Waals surface area contributed by atoms with Crippen LogP contribution in [0.4, 0.5) is 5.69 Å². The van der Waals surface area contributed by atoms with E-state index in [9.17, 15) is 4.79 Å². The van der Waals surface area contributed by atoms with Crippen LogP contribution in [0.25, 0.3) is 0 Å². The third-order valence-electron chi connectivity index (χ3n) is 3.51. The van der Waals surface area contributed by atoms with Crippen molar-refractivity contribution in [2.45, 2.75) is 46.2 Å². The first-order chi connectivity index (χ1) is 10.6. The van der Waals surface area contributed by atoms with E-state index in [0.717, 1.165) is 24.3 Å². The first-order valence-corrected chi connectivity index (χ1v) is 8.56. The highest BCUT2D eigenvalue weighted by molar-refractivity contribution is 7.09. The van der Waals surface area contributed by atoms with E-state index in [1.807, 2.05) is 31.2 Å². The summed E-state index contributed by atoms with van der Waals surface area (Å²) in [7, 11) is 0. The lowest BCUT2D eigenvalue weighted by Gasteiger charge is -2.14. The van der Waals surface area contributed by atoms with Gasteiger partial charge in [0, 0.05) is 30.1 Å². The first kappa shape index (κ1) is 16.6. The molecule has 5 heteroatoms. The first-order valence-electron chi connectivity index (χ1n) is 7.68. The van der Waals surface area contributed by atoms with Crippen LogP contribution in [0.15, 0.2) is 29.6 Å². The van der Waals surface area contributed by atoms with Gasteiger partial charge < -0.3 is 10.6 Å². The van der Waals surface area contributed by atoms with E-state index in [-0.39, 0.29) is 11.9 Å². The molecule has 0 saturated heterocycles. The van der Waals surface area contributed by atoms with E-state index in [0.29, 0.717) is 6.42 Å². The molecule has 1 heterocycles. The number of nitrogens with zero attached hydrogens (tertiary/aromatic N) is 1. The van der Waals surface area contributed by atoms with Gasteiger partial charge >= 0.3 is 0 Å². The van der Waals surface area contributed by atoms with Crippen LogP contribution in [0.3, 0.4) is 0 Å². The van der Waals surface area contributed by atoms with E-state index >= 15 is 0 Å². The average molecular weight is 317 g/mol. The van der Waals surface area contributed by atoms with Crippen LogP contribution in [-0.2, 0) is 17.8 Å². The van der Waals surface area contributed by atoms with Gasteiger partial charge in [-0.05, 0) is 31.0 Å². The lowest BCUT2D eigenvalue weighted by molar-refractivity contribution is -0.115. The van der Waals surface area contributed by atoms with Crippen molar-refractivity contribution in [1.29, 1.82) is 0 Å². The van der Waals surface area contributed by atoms with Gasteiger partial charge in [0.15, 0.2) is 0 Å². The third-order valence-corrected chi connectivity index (χ3v) is 4.55. The van der Waals surface area contributed by atoms with Crippen LogP contribution in [0.2, 0.25) is 0 Å². The number of hydrogen-bond acceptors (Lipinski definition) is 4. The summed E-state index contributed by atoms with van der Waals surface area (Å²) < 4.78 is 0. The summed E-state index contributed by atoms with van der Waals surface area (Å²) in [5, 5.41) is 9.63. The van der Waals surface area contributed by atoms with Gasteiger partial charge in [0.1, 0.15) is 0 Å². The molecule has 0 unspecified atom stereocenters. The van der Waals surface area contributed by atoms with Crippen LogP contribution in [-0.4, -0.2) is 10.9 Å². The fourth-order valence-electron chi connectivity index (χ4n) is 2.07. The highest BCUT2D eigenvalue weighted by Gasteiger charge is 2.07. The molecular weight excluding hydrogens is 294 g/mol. The Balaban J connectivity index is 1.89. The molecule has 1 amide bonds. The number of thiazole rings is 1. The van der Waals surface area contributed by atoms with Crippen molar-refractivity contribution >= 4 is 22.9 Å². The Labute approximate surface area is 136 Å². The van der Waals surface area contributed by atoms with Gasteiger partial charge in [0.25, 0.3) is 0 Å². The van der Waals surface area contributed by atoms with Gasteiger partial charge in [0.05, 0.1) is 10.7 Å². The van der Waals surface area contributed by atoms with Crippen LogP contribution < -0.4 is 10.6 Å². The molecule has 1 aromatic carbocycles. The number of nitrogens with one attached hydrogen (secondary N) is 2. The van der Waals surface area contributed by atoms with E-state index in [4.69, 9.17) is 0 Å². The maximum absolute atomic E-state index is 11.4. The number of anilines is 1. The van der Waals surface area contributed by atoms with Crippen molar-refractivity contribution in [3.8, 4) is 0 Å². The molecule has 0 fully saturated rings. The lowest BCUT2D eigenvalue weighted by Crippen LogP contribution is -2.18. The van der Waals surface area contributed by atoms with Crippen LogP contribution in [0.5, 0.6) is 0 Å². The maximum atomic E-state index is 11.4. The van der Waals surface area contributed by atoms with Crippen molar-refractivity contribution in [3.05, 3.63) is 45.9 Å². The van der Waals surface area contributed by atoms with Crippen LogP contribution in [0, 0.1) is 0 Å². The maximum Gasteiger partial charge on any atom is 0.224 e. The molecule has 0 aliphatic heterocycles. The zero-order valence-corrected chi connectivity index (χ0v) is 14.2. The summed E-state index contributed by atoms with van der Waals surface area (Å²) in [5.74, 6) is 0.0363. The molecule has 0 saturated carbocycles. The quantitative estimate of drug-likeness (QED) is 0.814. The minimum atomic E-state index is 0.0363. The fraction of sp³-hybridized carbons (Fsp3) is 0.412. The molecule has 22 heavy (non-hydrogen) atoms. The van der Waals surface area contributed by atoms with Crippen molar-refractivity contribution in [1.82, 2.24) is 10.3 Å². The van der Waals surface area contributed by atoms with Gasteiger partial charge in [0.2, 0.25) is 5.91 Å². The normalized spacial score (nSPS) is 12.1. The third kappa shape index (κ3) is 4.64. The average Bonchev–Trinajstić information content (AvgIpc) is 3.01. The molecule has 0 radical (unpaired) electrons. The van der Waals surface area contributed by atoms with E-state index in [2.05, 4.69) is 34.8 Å². The highest BCUT2D eigenvalue weighted by Crippen LogP contribution is 2.17. The molecule has 0 aliphatic rings. The molecule has 0 bridgehead atoms. The van der Waals surface area contributed by atoms with Gasteiger partial charge in [-0.15, -0.1) is 11.3 Å². The summed E-state index contributed by atoms with van der Waals surface area (Å²) in [6.07, 6.45) is 1.48. The predicted molar refractivity (Wildman–Crippen MR) is 92.1 cm³/mol. The van der Waals surface area contributed by atoms with Crippen molar-refractivity contribution in [3.63, 3.8) is 0 Å². The van der Waals surface area contributed by atoms with Gasteiger partial charge in [-0.3, -0.25) is 4.79 Å². The minimum Gasteiger partial charge on any atom is -0.326 e. The van der Waals surface area contributed by atoms with E-state index in [1.54, 1.807) is 11.3 Å². The second-order valence-corrected chi connectivity index (χ2v) is 6.16. The fourth-order valence-corrected chi connectivity index (χ4v) is 2.82. The van der Waals surface area contributed by atoms with E-state index < -0.39 is 0 Å². The van der Waals surface area contributed by atoms with E-state index in [1.165, 1.54) is 10.6 Å². The Morgan fingerprint density at radius 3 is 2.59 bits per heavy atom. The van der Waals surface area contributed by atoms with Crippen molar-refractivity contribution in [2.24, 2.45) is 0 Å². The van der Waals surface area contributed by atoms with Gasteiger partial charge in [-0.2, -0.15) is 0 Å². The number of carbonyl (C=O) groups is 1. The summed E-state index contributed by atoms with van der Waals surface area (Å²) in [4.78, 5) is 15.9. The van der Waals surface area contributed by atoms with Gasteiger partial charge in [-0.1, -0.05) is 26.0 Å². The summed E-state index contributed by atoms with van der Waals surface area (Å²) in [6, 6.07) is 8.21. The Morgan fingerprint density at radius 1 is 1.27 bits per heavy atom. The number of carbonyl (C=O) groups excluding carboxylic acids is 1. The summed E-state index contributed by atoms with van der Waals surface area (Å²) in [5.41, 5.74) is 3.14. The summed E-state index contributed by atoms with van der Waals surface area (Å²) in [6.45, 7) is 6.87. The molecule has 2 aromatic rings. The highest BCUT2D eigenvalue weighted by atomic mass is 32.1. The van der Waals surface area contributed by atoms with Crippen LogP contribution >= 0.6 is 11.3 Å². The predicted octanol–water partition coefficient (Wildman–Crippen LogP) is 3.90. The number of aryl methyl sites for hydroxylation is 1. The minimum absolute atomic E-state index is 0.0363. The Kier molecular flexibility index (Phi) is 6.10. The van der Waals surface area contributed by atoms with Crippen molar-refractivity contribution in [2.75, 3.05) is 5.32 Å². The lowest BCUT2D eigenvalue weighted by atomic mass is 10.1. The Bertz CT molecular complexity index is 607. The van der Waals surface area contributed by atoms with Gasteiger partial charge in [-0.25, -0.2) is 4.98 Å². The molecule has 4 nitrogen and oxygen atoms in total. The van der Waals surface area contributed by atoms with Crippen LogP contribution in [0.1, 0.15) is 49.5 Å². The summed E-state index contributed by atoms with van der Waals surface area (Å²) >= 11 is 1.72. The Morgan fingerprint density at radius 2 is 2.00 bits per heavy atom. The smallest absolute Gasteiger partial charge is 0.224 e. The zero-order valence-electron chi connectivity index (χ0n) is 13.3. The second-order valence-electron chi connectivity index (χ2n) is 5.21. The second kappa shape index (κ2) is 8.06. The number of aromatic nitrogens is 1. The molecule has 118 valence electrons. The Hall–Kier alpha value is -1.72. The number of rotatable bonds is 7. The number of amides is 1. The molecule has 0 spiro atoms. The zero-order chi connectivity index (χ0) is 15.9. The molecule has 0 aliphatic carbocycles. The largest absolute Gasteiger partial charge is 0.326 e. The molecular formula is C17H23N3OS. The molecule has 1 aromatic heterocycles. The number of benzene rings is 1. The van der Waals surface area contributed by atoms with Crippen molar-refractivity contribution < 1.29 is 4.79 Å². The molecule has 2 rings (SSSR count). The monoisotopic (exact) mass is 317 g/mol. The topological polar surface area (TPSA) is 54.0 Å². The molecule has 2 N–H and O–H groups in total. The number of hydrogen-bond donors (Lipinski definition) is 2. The standard InChI is InChI=1S/C17H23N3OS/c1-4-16(21)19-14-8-6-13(7-9-14)12(3)18-10-15-11-22-17(5-2)20-15/h6-9,11-12,18H,4-5,10H2,1-3H3,(H,19,21)/t12-/m1/s1. The molecule has 1 atom stereocenters.